The number of nitrogens with zero attached hydrogens (tertiary/aromatic N) is 4. The summed E-state index contributed by atoms with van der Waals surface area (Å²) < 4.78 is 16.8. The third kappa shape index (κ3) is 8.68. The topological polar surface area (TPSA) is 170 Å². The van der Waals surface area contributed by atoms with E-state index in [1.54, 1.807) is 26.0 Å². The molecule has 1 saturated heterocycles. The van der Waals surface area contributed by atoms with Crippen LogP contribution in [0.5, 0.6) is 5.88 Å². The molecular formula is C27H35N5O9. The van der Waals surface area contributed by atoms with Crippen molar-refractivity contribution in [3.63, 3.8) is 0 Å². The van der Waals surface area contributed by atoms with Gasteiger partial charge in [-0.2, -0.15) is 5.10 Å². The Balaban J connectivity index is 1.78. The number of aliphatic carboxylic acids is 1. The molecule has 2 heterocycles. The van der Waals surface area contributed by atoms with E-state index in [9.17, 15) is 29.1 Å². The van der Waals surface area contributed by atoms with Crippen molar-refractivity contribution in [3.05, 3.63) is 41.6 Å². The number of rotatable bonds is 12. The van der Waals surface area contributed by atoms with Crippen molar-refractivity contribution >= 4 is 29.8 Å². The summed E-state index contributed by atoms with van der Waals surface area (Å²) in [5.74, 6) is -2.83. The van der Waals surface area contributed by atoms with Gasteiger partial charge in [-0.05, 0) is 39.3 Å². The molecule has 3 rings (SSSR count). The zero-order chi connectivity index (χ0) is 29.9. The zero-order valence-corrected chi connectivity index (χ0v) is 23.3. The number of amides is 3. The molecule has 0 saturated carbocycles. The fraction of sp³-hybridized carbons (Fsp3) is 0.481. The highest BCUT2D eigenvalue weighted by Gasteiger charge is 2.31. The fourth-order valence-electron chi connectivity index (χ4n) is 4.09. The van der Waals surface area contributed by atoms with Crippen molar-refractivity contribution in [1.82, 2.24) is 24.9 Å². The van der Waals surface area contributed by atoms with E-state index >= 15 is 0 Å². The first kappa shape index (κ1) is 30.9. The van der Waals surface area contributed by atoms with Gasteiger partial charge >= 0.3 is 18.0 Å². The second-order valence-corrected chi connectivity index (χ2v) is 9.18. The molecule has 3 amide bonds. The number of ether oxygens (including phenoxy) is 3. The van der Waals surface area contributed by atoms with Crippen LogP contribution in [-0.4, -0.2) is 107 Å². The number of carbonyl (C=O) groups is 5. The molecule has 222 valence electrons. The monoisotopic (exact) mass is 573 g/mol. The van der Waals surface area contributed by atoms with E-state index in [-0.39, 0.29) is 63.8 Å². The van der Waals surface area contributed by atoms with E-state index in [2.05, 4.69) is 10.4 Å². The van der Waals surface area contributed by atoms with Crippen molar-refractivity contribution < 1.29 is 43.3 Å². The van der Waals surface area contributed by atoms with Crippen molar-refractivity contribution in [2.45, 2.75) is 39.7 Å². The fourth-order valence-corrected chi connectivity index (χ4v) is 4.09. The first-order valence-electron chi connectivity index (χ1n) is 13.3. The van der Waals surface area contributed by atoms with Crippen LogP contribution in [-0.2, 0) is 23.9 Å². The number of aryl methyl sites for hydroxylation is 1. The van der Waals surface area contributed by atoms with Crippen LogP contribution in [0, 0.1) is 6.92 Å². The number of piperazine rings is 1. The Hall–Kier alpha value is -4.62. The van der Waals surface area contributed by atoms with Crippen LogP contribution in [0.2, 0.25) is 0 Å². The number of carbonyl (C=O) groups excluding carboxylic acids is 4. The van der Waals surface area contributed by atoms with E-state index in [1.807, 2.05) is 19.1 Å². The maximum Gasteiger partial charge on any atom is 0.409 e. The summed E-state index contributed by atoms with van der Waals surface area (Å²) in [7, 11) is 0. The average molecular weight is 574 g/mol. The summed E-state index contributed by atoms with van der Waals surface area (Å²) in [5, 5.41) is 16.1. The SMILES string of the molecule is CCOC(=O)COc1cc(C(=O)N[C@@H](CCC(=O)O)C(=O)N2CCN(C(=O)OCC)CC2)nn1-c1ccc(C)cc1. The van der Waals surface area contributed by atoms with Crippen molar-refractivity contribution in [2.24, 2.45) is 0 Å². The second kappa shape index (κ2) is 14.7. The van der Waals surface area contributed by atoms with Gasteiger partial charge in [0.15, 0.2) is 12.3 Å². The van der Waals surface area contributed by atoms with Crippen LogP contribution >= 0.6 is 0 Å². The first-order valence-corrected chi connectivity index (χ1v) is 13.3. The molecule has 0 radical (unpaired) electrons. The number of benzene rings is 1. The molecule has 0 bridgehead atoms. The molecule has 0 spiro atoms. The minimum Gasteiger partial charge on any atom is -0.481 e. The van der Waals surface area contributed by atoms with Gasteiger partial charge in [0.05, 0.1) is 18.9 Å². The second-order valence-electron chi connectivity index (χ2n) is 9.18. The first-order chi connectivity index (χ1) is 19.6. The highest BCUT2D eigenvalue weighted by molar-refractivity contribution is 5.96. The van der Waals surface area contributed by atoms with E-state index in [1.165, 1.54) is 20.5 Å². The lowest BCUT2D eigenvalue weighted by atomic mass is 10.1. The summed E-state index contributed by atoms with van der Waals surface area (Å²) in [6.45, 7) is 6.16. The van der Waals surface area contributed by atoms with Gasteiger partial charge in [0.1, 0.15) is 6.04 Å². The third-order valence-corrected chi connectivity index (χ3v) is 6.20. The van der Waals surface area contributed by atoms with E-state index in [4.69, 9.17) is 14.2 Å². The number of carboxylic acids is 1. The molecule has 14 nitrogen and oxygen atoms in total. The van der Waals surface area contributed by atoms with Gasteiger partial charge in [-0.15, -0.1) is 0 Å². The summed E-state index contributed by atoms with van der Waals surface area (Å²) in [5.41, 5.74) is 1.45. The molecule has 1 atom stereocenters. The predicted molar refractivity (Wildman–Crippen MR) is 144 cm³/mol. The van der Waals surface area contributed by atoms with Crippen molar-refractivity contribution in [1.29, 1.82) is 0 Å². The minimum absolute atomic E-state index is 0.0931. The van der Waals surface area contributed by atoms with Crippen molar-refractivity contribution in [2.75, 3.05) is 46.0 Å². The molecular weight excluding hydrogens is 538 g/mol. The smallest absolute Gasteiger partial charge is 0.409 e. The molecule has 14 heteroatoms. The van der Waals surface area contributed by atoms with Gasteiger partial charge in [-0.1, -0.05) is 17.7 Å². The molecule has 2 aromatic rings. The number of carboxylic acid groups (broad SMARTS) is 1. The number of hydrogen-bond acceptors (Lipinski definition) is 9. The van der Waals surface area contributed by atoms with Crippen LogP contribution in [0.3, 0.4) is 0 Å². The van der Waals surface area contributed by atoms with Crippen LogP contribution < -0.4 is 10.1 Å². The Bertz CT molecular complexity index is 1240. The normalized spacial score (nSPS) is 13.7. The van der Waals surface area contributed by atoms with Crippen LogP contribution in [0.4, 0.5) is 4.79 Å². The summed E-state index contributed by atoms with van der Waals surface area (Å²) in [6.07, 6.45) is -0.978. The number of nitrogens with one attached hydrogen (secondary N) is 1. The Morgan fingerprint density at radius 1 is 0.976 bits per heavy atom. The summed E-state index contributed by atoms with van der Waals surface area (Å²) in [6, 6.07) is 7.38. The highest BCUT2D eigenvalue weighted by Crippen LogP contribution is 2.21. The number of hydrogen-bond donors (Lipinski definition) is 2. The maximum atomic E-state index is 13.3. The van der Waals surface area contributed by atoms with Crippen LogP contribution in [0.15, 0.2) is 30.3 Å². The van der Waals surface area contributed by atoms with Gasteiger partial charge in [0, 0.05) is 38.7 Å². The molecule has 2 N–H and O–H groups in total. The Labute approximate surface area is 237 Å². The quantitative estimate of drug-likeness (QED) is 0.354. The molecule has 1 aromatic carbocycles. The molecule has 1 fully saturated rings. The molecule has 41 heavy (non-hydrogen) atoms. The third-order valence-electron chi connectivity index (χ3n) is 6.20. The van der Waals surface area contributed by atoms with E-state index in [0.29, 0.717) is 5.69 Å². The largest absolute Gasteiger partial charge is 0.481 e. The van der Waals surface area contributed by atoms with E-state index in [0.717, 1.165) is 5.56 Å². The highest BCUT2D eigenvalue weighted by atomic mass is 16.6. The van der Waals surface area contributed by atoms with Gasteiger partial charge in [-0.25, -0.2) is 14.3 Å². The molecule has 1 aliphatic heterocycles. The van der Waals surface area contributed by atoms with Crippen molar-refractivity contribution in [3.8, 4) is 11.6 Å². The van der Waals surface area contributed by atoms with Gasteiger partial charge < -0.3 is 34.4 Å². The van der Waals surface area contributed by atoms with Gasteiger partial charge in [0.2, 0.25) is 11.8 Å². The van der Waals surface area contributed by atoms with Gasteiger partial charge in [0.25, 0.3) is 5.91 Å². The molecule has 1 aliphatic rings. The van der Waals surface area contributed by atoms with Crippen LogP contribution in [0.25, 0.3) is 5.69 Å². The Kier molecular flexibility index (Phi) is 11.1. The summed E-state index contributed by atoms with van der Waals surface area (Å²) >= 11 is 0. The number of esters is 1. The Morgan fingerprint density at radius 2 is 1.61 bits per heavy atom. The Morgan fingerprint density at radius 3 is 2.22 bits per heavy atom. The molecule has 0 aliphatic carbocycles. The van der Waals surface area contributed by atoms with E-state index < -0.39 is 42.5 Å². The average Bonchev–Trinajstić information content (AvgIpc) is 3.39. The minimum atomic E-state index is -1.15. The lowest BCUT2D eigenvalue weighted by Crippen LogP contribution is -2.56. The molecule has 1 aromatic heterocycles. The molecule has 0 unspecified atom stereocenters. The lowest BCUT2D eigenvalue weighted by molar-refractivity contribution is -0.145. The van der Waals surface area contributed by atoms with Crippen LogP contribution in [0.1, 0.15) is 42.7 Å². The standard InChI is InChI=1S/C27H35N5O9/c1-4-39-24(35)17-41-22-16-21(29-32(22)19-8-6-18(3)7-9-19)25(36)28-20(10-11-23(33)34)26(37)30-12-14-31(15-13-30)27(38)40-5-2/h6-9,16,20H,4-5,10-15,17H2,1-3H3,(H,28,36)(H,33,34)/t20-/m0/s1. The maximum absolute atomic E-state index is 13.3. The predicted octanol–water partition coefficient (Wildman–Crippen LogP) is 1.39. The summed E-state index contributed by atoms with van der Waals surface area (Å²) in [4.78, 5) is 64.7. The number of aromatic nitrogens is 2. The zero-order valence-electron chi connectivity index (χ0n) is 23.3. The van der Waals surface area contributed by atoms with Gasteiger partial charge in [-0.3, -0.25) is 14.4 Å². The lowest BCUT2D eigenvalue weighted by Gasteiger charge is -2.35.